The number of hydrogen-bond acceptors (Lipinski definition) is 4. The molecule has 0 radical (unpaired) electrons. The minimum Gasteiger partial charge on any atom is -0.489 e. The van der Waals surface area contributed by atoms with Crippen LogP contribution in [-0.4, -0.2) is 18.7 Å². The van der Waals surface area contributed by atoms with E-state index < -0.39 is 5.41 Å². The summed E-state index contributed by atoms with van der Waals surface area (Å²) in [6.07, 6.45) is 2.63. The van der Waals surface area contributed by atoms with Crippen molar-refractivity contribution in [3.63, 3.8) is 0 Å². The van der Waals surface area contributed by atoms with E-state index in [0.717, 1.165) is 16.7 Å². The molecular formula is C21H21Cl2N3O. The van der Waals surface area contributed by atoms with E-state index >= 15 is 0 Å². The van der Waals surface area contributed by atoms with Crippen LogP contribution in [0.5, 0.6) is 5.75 Å². The van der Waals surface area contributed by atoms with Gasteiger partial charge in [0.1, 0.15) is 12.7 Å². The molecule has 0 atom stereocenters. The molecule has 2 aromatic rings. The minimum atomic E-state index is -0.393. The Bertz CT molecular complexity index is 897. The predicted molar refractivity (Wildman–Crippen MR) is 112 cm³/mol. The maximum absolute atomic E-state index is 9.49. The van der Waals surface area contributed by atoms with Gasteiger partial charge in [0.2, 0.25) is 0 Å². The van der Waals surface area contributed by atoms with Crippen LogP contribution in [0.4, 0.5) is 0 Å². The van der Waals surface area contributed by atoms with Crippen molar-refractivity contribution in [1.29, 1.82) is 10.7 Å². The van der Waals surface area contributed by atoms with Gasteiger partial charge in [-0.3, -0.25) is 0 Å². The molecule has 0 fully saturated rings. The lowest BCUT2D eigenvalue weighted by molar-refractivity contribution is 0.341. The highest BCUT2D eigenvalue weighted by Crippen LogP contribution is 2.38. The summed E-state index contributed by atoms with van der Waals surface area (Å²) in [7, 11) is 0. The van der Waals surface area contributed by atoms with Gasteiger partial charge in [0.05, 0.1) is 16.5 Å². The van der Waals surface area contributed by atoms with Crippen LogP contribution in [0.1, 0.15) is 36.1 Å². The molecular weight excluding hydrogens is 381 g/mol. The highest BCUT2D eigenvalue weighted by atomic mass is 35.5. The quantitative estimate of drug-likeness (QED) is 0.499. The van der Waals surface area contributed by atoms with Gasteiger partial charge in [-0.25, -0.2) is 0 Å². The zero-order valence-corrected chi connectivity index (χ0v) is 16.7. The first-order valence-corrected chi connectivity index (χ1v) is 9.26. The molecule has 3 N–H and O–H groups in total. The van der Waals surface area contributed by atoms with Crippen LogP contribution in [0.3, 0.4) is 0 Å². The molecule has 0 aliphatic carbocycles. The highest BCUT2D eigenvalue weighted by Gasteiger charge is 2.26. The summed E-state index contributed by atoms with van der Waals surface area (Å²) in [5, 5.41) is 17.3. The monoisotopic (exact) mass is 401 g/mol. The fourth-order valence-corrected chi connectivity index (χ4v) is 3.15. The van der Waals surface area contributed by atoms with Crippen molar-refractivity contribution >= 4 is 35.0 Å². The van der Waals surface area contributed by atoms with Crippen LogP contribution in [0.25, 0.3) is 5.57 Å². The Kier molecular flexibility index (Phi) is 6.90. The Balaban J connectivity index is 2.45. The van der Waals surface area contributed by atoms with E-state index in [9.17, 15) is 5.26 Å². The molecule has 140 valence electrons. The Labute approximate surface area is 169 Å². The fraction of sp³-hybridized carbons (Fsp3) is 0.238. The average Bonchev–Trinajstić information content (AvgIpc) is 2.67. The Morgan fingerprint density at radius 2 is 1.93 bits per heavy atom. The zero-order valence-electron chi connectivity index (χ0n) is 15.2. The summed E-state index contributed by atoms with van der Waals surface area (Å²) >= 11 is 12.0. The number of benzene rings is 2. The molecule has 0 bridgehead atoms. The van der Waals surface area contributed by atoms with Gasteiger partial charge < -0.3 is 15.9 Å². The van der Waals surface area contributed by atoms with Crippen molar-refractivity contribution < 1.29 is 4.74 Å². The summed E-state index contributed by atoms with van der Waals surface area (Å²) in [4.78, 5) is 0. The Morgan fingerprint density at radius 3 is 2.44 bits per heavy atom. The summed E-state index contributed by atoms with van der Waals surface area (Å²) in [6, 6.07) is 13.6. The number of ether oxygens (including phenoxy) is 1. The third kappa shape index (κ3) is 4.44. The van der Waals surface area contributed by atoms with Gasteiger partial charge >= 0.3 is 0 Å². The molecule has 0 saturated carbocycles. The number of nitrogens with one attached hydrogen (secondary N) is 1. The van der Waals surface area contributed by atoms with Gasteiger partial charge in [-0.05, 0) is 28.8 Å². The van der Waals surface area contributed by atoms with Gasteiger partial charge in [-0.1, -0.05) is 49.7 Å². The molecule has 0 saturated heterocycles. The lowest BCUT2D eigenvalue weighted by Gasteiger charge is -2.27. The lowest BCUT2D eigenvalue weighted by Crippen LogP contribution is -2.19. The first-order valence-electron chi connectivity index (χ1n) is 8.35. The van der Waals surface area contributed by atoms with Crippen LogP contribution in [0, 0.1) is 16.7 Å². The van der Waals surface area contributed by atoms with E-state index in [-0.39, 0.29) is 6.61 Å². The van der Waals surface area contributed by atoms with E-state index in [2.05, 4.69) is 19.9 Å². The fourth-order valence-electron chi connectivity index (χ4n) is 2.80. The summed E-state index contributed by atoms with van der Waals surface area (Å²) in [5.74, 6) is 0.675. The zero-order chi connectivity index (χ0) is 20.0. The smallest absolute Gasteiger partial charge is 0.155 e. The summed E-state index contributed by atoms with van der Waals surface area (Å²) < 4.78 is 5.52. The number of rotatable bonds is 7. The number of nitrogens with zero attached hydrogens (tertiary/aromatic N) is 1. The molecule has 27 heavy (non-hydrogen) atoms. The van der Waals surface area contributed by atoms with Gasteiger partial charge in [-0.15, -0.1) is 11.6 Å². The van der Waals surface area contributed by atoms with Gasteiger partial charge in [0.25, 0.3) is 0 Å². The molecule has 0 amide bonds. The Hall–Kier alpha value is -2.48. The second kappa shape index (κ2) is 8.94. The third-order valence-electron chi connectivity index (χ3n) is 4.48. The topological polar surface area (TPSA) is 82.9 Å². The maximum atomic E-state index is 9.49. The van der Waals surface area contributed by atoms with E-state index in [1.807, 2.05) is 30.3 Å². The number of nitrogens with two attached hydrogens (primary N) is 1. The van der Waals surface area contributed by atoms with Gasteiger partial charge in [0.15, 0.2) is 5.75 Å². The molecule has 0 unspecified atom stereocenters. The van der Waals surface area contributed by atoms with E-state index in [4.69, 9.17) is 39.1 Å². The van der Waals surface area contributed by atoms with Gasteiger partial charge in [0, 0.05) is 23.4 Å². The normalized spacial score (nSPS) is 11.7. The average molecular weight is 402 g/mol. The second-order valence-electron chi connectivity index (χ2n) is 6.45. The van der Waals surface area contributed by atoms with E-state index in [1.165, 1.54) is 12.4 Å². The number of halogens is 2. The van der Waals surface area contributed by atoms with Crippen LogP contribution in [0.15, 0.2) is 42.6 Å². The molecule has 4 nitrogen and oxygen atoms in total. The molecule has 2 rings (SSSR count). The number of hydrogen-bond donors (Lipinski definition) is 2. The minimum absolute atomic E-state index is 0.282. The maximum Gasteiger partial charge on any atom is 0.155 e. The van der Waals surface area contributed by atoms with Crippen molar-refractivity contribution in [2.45, 2.75) is 19.3 Å². The van der Waals surface area contributed by atoms with Crippen molar-refractivity contribution in [1.82, 2.24) is 0 Å². The van der Waals surface area contributed by atoms with Crippen molar-refractivity contribution in [2.24, 2.45) is 5.73 Å². The van der Waals surface area contributed by atoms with Crippen LogP contribution in [0.2, 0.25) is 5.02 Å². The number of allylic oxidation sites excluding steroid dienone is 1. The largest absolute Gasteiger partial charge is 0.489 e. The number of alkyl halides is 1. The van der Waals surface area contributed by atoms with Crippen molar-refractivity contribution in [3.05, 3.63) is 69.9 Å². The van der Waals surface area contributed by atoms with E-state index in [1.54, 1.807) is 6.07 Å². The summed E-state index contributed by atoms with van der Waals surface area (Å²) in [5.41, 5.74) is 8.99. The molecule has 0 spiro atoms. The molecule has 6 heteroatoms. The van der Waals surface area contributed by atoms with Gasteiger partial charge in [-0.2, -0.15) is 5.26 Å². The van der Waals surface area contributed by atoms with Crippen LogP contribution in [-0.2, 0) is 5.41 Å². The highest BCUT2D eigenvalue weighted by molar-refractivity contribution is 6.32. The second-order valence-corrected chi connectivity index (χ2v) is 7.24. The number of nitriles is 1. The standard InChI is InChI=1S/C21H21Cl2N3O/c1-21(2,17-5-3-14(4-6-17)16(12-25)13-26)18-9-15(11-24)20(19(23)10-18)27-8-7-22/h3-6,9-10,12-13,25H,7-8,26H2,1-2H3/b16-13+,25-12?. The van der Waals surface area contributed by atoms with E-state index in [0.29, 0.717) is 27.8 Å². The van der Waals surface area contributed by atoms with Crippen molar-refractivity contribution in [3.8, 4) is 11.8 Å². The summed E-state index contributed by atoms with van der Waals surface area (Å²) in [6.45, 7) is 4.40. The molecule has 0 aliphatic heterocycles. The first kappa shape index (κ1) is 20.8. The first-order chi connectivity index (χ1) is 12.9. The van der Waals surface area contributed by atoms with Crippen LogP contribution < -0.4 is 10.5 Å². The predicted octanol–water partition coefficient (Wildman–Crippen LogP) is 5.10. The Morgan fingerprint density at radius 1 is 1.26 bits per heavy atom. The SMILES string of the molecule is CC(C)(c1ccc(/C(C=N)=C/N)cc1)c1cc(Cl)c(OCCCl)c(C#N)c1. The molecule has 0 aromatic heterocycles. The molecule has 0 heterocycles. The molecule has 0 aliphatic rings. The molecule has 2 aromatic carbocycles. The third-order valence-corrected chi connectivity index (χ3v) is 4.92. The van der Waals surface area contributed by atoms with Crippen molar-refractivity contribution in [2.75, 3.05) is 12.5 Å². The van der Waals surface area contributed by atoms with Crippen LogP contribution >= 0.6 is 23.2 Å². The lowest BCUT2D eigenvalue weighted by atomic mass is 9.77.